The van der Waals surface area contributed by atoms with Gasteiger partial charge in [-0.15, -0.1) is 0 Å². The highest BCUT2D eigenvalue weighted by molar-refractivity contribution is 6.48. The van der Waals surface area contributed by atoms with Gasteiger partial charge in [0.25, 0.3) is 0 Å². The van der Waals surface area contributed by atoms with Gasteiger partial charge in [0, 0.05) is 6.67 Å². The Morgan fingerprint density at radius 1 is 1.17 bits per heavy atom. The fraction of sp³-hybridized carbons (Fsp3) is 1.00. The summed E-state index contributed by atoms with van der Waals surface area (Å²) in [6.07, 6.45) is 0. The van der Waals surface area contributed by atoms with E-state index in [1.807, 2.05) is 0 Å². The lowest BCUT2D eigenvalue weighted by Gasteiger charge is -2.12. The maximum absolute atomic E-state index is 3.34. The first-order valence-corrected chi connectivity index (χ1v) is 4.95. The highest BCUT2D eigenvalue weighted by Gasteiger charge is 1.91. The van der Waals surface area contributed by atoms with Gasteiger partial charge in [0.15, 0.2) is 19.7 Å². The van der Waals surface area contributed by atoms with E-state index in [9.17, 15) is 0 Å². The summed E-state index contributed by atoms with van der Waals surface area (Å²) in [5, 5.41) is 0. The lowest BCUT2D eigenvalue weighted by Crippen LogP contribution is -2.53. The molecular formula is CH9N3Si2. The van der Waals surface area contributed by atoms with Gasteiger partial charge in [-0.1, -0.05) is 0 Å². The third-order valence-corrected chi connectivity index (χ3v) is 3.75. The van der Waals surface area contributed by atoms with Crippen LogP contribution < -0.4 is 14.6 Å². The zero-order chi connectivity index (χ0) is 4.24. The van der Waals surface area contributed by atoms with E-state index in [0.29, 0.717) is 0 Å². The molecule has 1 saturated heterocycles. The Morgan fingerprint density at radius 2 is 1.83 bits per heavy atom. The molecule has 0 saturated carbocycles. The molecule has 3 N–H and O–H groups in total. The summed E-state index contributed by atoms with van der Waals surface area (Å²) in [5.41, 5.74) is 0. The van der Waals surface area contributed by atoms with Gasteiger partial charge in [-0.25, -0.2) is 0 Å². The molecule has 0 amide bonds. The van der Waals surface area contributed by atoms with E-state index in [0.717, 1.165) is 6.67 Å². The molecular weight excluding hydrogens is 110 g/mol. The van der Waals surface area contributed by atoms with Gasteiger partial charge in [-0.2, -0.15) is 0 Å². The van der Waals surface area contributed by atoms with Crippen LogP contribution in [0.15, 0.2) is 0 Å². The van der Waals surface area contributed by atoms with Crippen LogP contribution in [0.2, 0.25) is 0 Å². The van der Waals surface area contributed by atoms with E-state index in [2.05, 4.69) is 14.6 Å². The van der Waals surface area contributed by atoms with Crippen molar-refractivity contribution >= 4 is 19.7 Å². The Labute approximate surface area is 41.9 Å². The lowest BCUT2D eigenvalue weighted by molar-refractivity contribution is 0.838. The van der Waals surface area contributed by atoms with E-state index in [-0.39, 0.29) is 19.7 Å². The fourth-order valence-corrected chi connectivity index (χ4v) is 3.32. The van der Waals surface area contributed by atoms with Crippen LogP contribution in [0.25, 0.3) is 0 Å². The molecule has 0 aromatic rings. The quantitative estimate of drug-likeness (QED) is 0.293. The van der Waals surface area contributed by atoms with Crippen LogP contribution >= 0.6 is 0 Å². The largest absolute Gasteiger partial charge is 0.345 e. The second-order valence-electron chi connectivity index (χ2n) is 1.28. The van der Waals surface area contributed by atoms with Crippen molar-refractivity contribution in [3.63, 3.8) is 0 Å². The molecule has 1 aliphatic rings. The molecule has 5 heteroatoms. The van der Waals surface area contributed by atoms with E-state index in [1.165, 1.54) is 0 Å². The topological polar surface area (TPSA) is 36.1 Å². The summed E-state index contributed by atoms with van der Waals surface area (Å²) < 4.78 is 3.34. The summed E-state index contributed by atoms with van der Waals surface area (Å²) in [4.78, 5) is 6.47. The van der Waals surface area contributed by atoms with E-state index < -0.39 is 0 Å². The second-order valence-corrected chi connectivity index (χ2v) is 4.99. The van der Waals surface area contributed by atoms with Crippen molar-refractivity contribution in [2.24, 2.45) is 0 Å². The molecule has 0 bridgehead atoms. The van der Waals surface area contributed by atoms with Gasteiger partial charge >= 0.3 is 0 Å². The monoisotopic (exact) mass is 119 g/mol. The minimum atomic E-state index is 0.00772. The van der Waals surface area contributed by atoms with E-state index >= 15 is 0 Å². The Morgan fingerprint density at radius 3 is 2.00 bits per heavy atom. The Hall–Kier alpha value is 0.314. The third-order valence-electron chi connectivity index (χ3n) is 0.750. The van der Waals surface area contributed by atoms with Gasteiger partial charge in [-0.05, 0) is 0 Å². The molecule has 1 aliphatic heterocycles. The van der Waals surface area contributed by atoms with Crippen LogP contribution in [0.1, 0.15) is 0 Å². The Bertz CT molecular complexity index is 24.3. The Kier molecular flexibility index (Phi) is 1.85. The van der Waals surface area contributed by atoms with Crippen molar-refractivity contribution in [3.8, 4) is 0 Å². The smallest absolute Gasteiger partial charge is 0.162 e. The average molecular weight is 119 g/mol. The van der Waals surface area contributed by atoms with Crippen molar-refractivity contribution in [1.82, 2.24) is 14.6 Å². The molecule has 0 unspecified atom stereocenters. The molecule has 0 spiro atoms. The average Bonchev–Trinajstić information content (AvgIpc) is 1.72. The first-order chi connectivity index (χ1) is 3.00. The zero-order valence-corrected chi connectivity index (χ0v) is 6.45. The van der Waals surface area contributed by atoms with Crippen molar-refractivity contribution < 1.29 is 0 Å². The first kappa shape index (κ1) is 4.47. The van der Waals surface area contributed by atoms with Crippen molar-refractivity contribution in [1.29, 1.82) is 0 Å². The molecule has 0 aromatic carbocycles. The van der Waals surface area contributed by atoms with Gasteiger partial charge in [0.05, 0.1) is 0 Å². The number of rotatable bonds is 0. The molecule has 1 fully saturated rings. The maximum Gasteiger partial charge on any atom is 0.162 e. The van der Waals surface area contributed by atoms with Crippen molar-refractivity contribution in [2.45, 2.75) is 0 Å². The van der Waals surface area contributed by atoms with Crippen LogP contribution in [-0.4, -0.2) is 26.4 Å². The number of hydrogen-bond acceptors (Lipinski definition) is 3. The standard InChI is InChI=1S/CH9N3Si2/c1-2-5-4-6-3-1/h2-4H,1,5-6H2. The molecule has 0 aliphatic carbocycles. The van der Waals surface area contributed by atoms with E-state index in [1.54, 1.807) is 0 Å². The molecule has 1 rings (SSSR count). The second kappa shape index (κ2) is 2.48. The van der Waals surface area contributed by atoms with Gasteiger partial charge < -0.3 is 14.6 Å². The number of nitrogens with one attached hydrogen (secondary N) is 3. The SMILES string of the molecule is C1N[SiH2]N[SiH2]N1. The van der Waals surface area contributed by atoms with Crippen LogP contribution in [0.5, 0.6) is 0 Å². The predicted octanol–water partition coefficient (Wildman–Crippen LogP) is -3.28. The van der Waals surface area contributed by atoms with Crippen molar-refractivity contribution in [2.75, 3.05) is 6.67 Å². The minimum absolute atomic E-state index is 0.00772. The molecule has 6 heavy (non-hydrogen) atoms. The predicted molar refractivity (Wildman–Crippen MR) is 31.4 cm³/mol. The summed E-state index contributed by atoms with van der Waals surface area (Å²) in [6.45, 7) is 1.06. The number of hydrogen-bond donors (Lipinski definition) is 3. The lowest BCUT2D eigenvalue weighted by atomic mass is 11.3. The van der Waals surface area contributed by atoms with Crippen LogP contribution in [0.3, 0.4) is 0 Å². The van der Waals surface area contributed by atoms with Gasteiger partial charge in [0.2, 0.25) is 0 Å². The molecule has 3 nitrogen and oxygen atoms in total. The summed E-state index contributed by atoms with van der Waals surface area (Å²) in [6, 6.07) is 0. The third kappa shape index (κ3) is 1.19. The summed E-state index contributed by atoms with van der Waals surface area (Å²) >= 11 is 0. The first-order valence-electron chi connectivity index (χ1n) is 2.12. The summed E-state index contributed by atoms with van der Waals surface area (Å²) in [7, 11) is 0.0154. The van der Waals surface area contributed by atoms with Crippen LogP contribution in [-0.2, 0) is 0 Å². The fourth-order valence-electron chi connectivity index (χ4n) is 0.453. The van der Waals surface area contributed by atoms with E-state index in [4.69, 9.17) is 0 Å². The zero-order valence-electron chi connectivity index (χ0n) is 3.62. The van der Waals surface area contributed by atoms with Gasteiger partial charge in [-0.3, -0.25) is 0 Å². The molecule has 0 atom stereocenters. The molecule has 1 heterocycles. The normalized spacial score (nSPS) is 32.0. The van der Waals surface area contributed by atoms with Crippen molar-refractivity contribution in [3.05, 3.63) is 0 Å². The Balaban J connectivity index is 2.00. The van der Waals surface area contributed by atoms with Crippen LogP contribution in [0, 0.1) is 0 Å². The highest BCUT2D eigenvalue weighted by Crippen LogP contribution is 1.50. The molecule has 0 aromatic heterocycles. The van der Waals surface area contributed by atoms with Crippen LogP contribution in [0.4, 0.5) is 0 Å². The van der Waals surface area contributed by atoms with Gasteiger partial charge in [0.1, 0.15) is 0 Å². The molecule has 36 valence electrons. The minimum Gasteiger partial charge on any atom is -0.345 e. The molecule has 0 radical (unpaired) electrons. The maximum atomic E-state index is 3.34. The summed E-state index contributed by atoms with van der Waals surface area (Å²) in [5.74, 6) is 0. The highest BCUT2D eigenvalue weighted by atomic mass is 28.3.